The van der Waals surface area contributed by atoms with E-state index >= 15 is 0 Å². The zero-order valence-electron chi connectivity index (χ0n) is 8.40. The number of pyridine rings is 1. The lowest BCUT2D eigenvalue weighted by atomic mass is 9.99. The first kappa shape index (κ1) is 12.3. The van der Waals surface area contributed by atoms with Crippen molar-refractivity contribution in [3.63, 3.8) is 0 Å². The maximum absolute atomic E-state index is 12.4. The summed E-state index contributed by atoms with van der Waals surface area (Å²) in [5, 5.41) is 0.289. The molecule has 0 aliphatic carbocycles. The van der Waals surface area contributed by atoms with E-state index in [2.05, 4.69) is 4.98 Å². The number of halogens is 4. The molecule has 15 heavy (non-hydrogen) atoms. The van der Waals surface area contributed by atoms with Crippen LogP contribution >= 0.6 is 11.6 Å². The number of alkyl halides is 3. The van der Waals surface area contributed by atoms with Gasteiger partial charge in [-0.25, -0.2) is 0 Å². The van der Waals surface area contributed by atoms with E-state index in [4.69, 9.17) is 11.6 Å². The van der Waals surface area contributed by atoms with E-state index in [1.54, 1.807) is 0 Å². The van der Waals surface area contributed by atoms with Crippen LogP contribution in [0.2, 0.25) is 5.02 Å². The average Bonchev–Trinajstić information content (AvgIpc) is 2.15. The predicted molar refractivity (Wildman–Crippen MR) is 53.0 cm³/mol. The van der Waals surface area contributed by atoms with Crippen molar-refractivity contribution in [2.75, 3.05) is 0 Å². The van der Waals surface area contributed by atoms with Crippen LogP contribution in [0.5, 0.6) is 0 Å². The van der Waals surface area contributed by atoms with Crippen LogP contribution in [0.4, 0.5) is 13.2 Å². The summed E-state index contributed by atoms with van der Waals surface area (Å²) in [7, 11) is 0. The molecule has 0 aliphatic heterocycles. The van der Waals surface area contributed by atoms with Gasteiger partial charge in [0, 0.05) is 6.20 Å². The molecular weight excluding hydrogens is 227 g/mol. The molecule has 0 amide bonds. The Labute approximate surface area is 91.3 Å². The van der Waals surface area contributed by atoms with E-state index in [9.17, 15) is 13.2 Å². The lowest BCUT2D eigenvalue weighted by molar-refractivity contribution is -0.141. The number of hydrogen-bond donors (Lipinski definition) is 0. The Morgan fingerprint density at radius 1 is 1.47 bits per heavy atom. The molecule has 0 fully saturated rings. The summed E-state index contributed by atoms with van der Waals surface area (Å²) in [6.45, 7) is 3.73. The largest absolute Gasteiger partial charge is 0.433 e. The second-order valence-corrected chi connectivity index (χ2v) is 3.81. The van der Waals surface area contributed by atoms with Gasteiger partial charge >= 0.3 is 6.18 Å². The summed E-state index contributed by atoms with van der Waals surface area (Å²) in [4.78, 5) is 3.27. The first-order valence-electron chi connectivity index (χ1n) is 4.59. The highest BCUT2D eigenvalue weighted by Crippen LogP contribution is 2.33. The van der Waals surface area contributed by atoms with Gasteiger partial charge in [0.2, 0.25) is 0 Å². The maximum Gasteiger partial charge on any atom is 0.433 e. The molecule has 0 spiro atoms. The topological polar surface area (TPSA) is 12.9 Å². The molecule has 0 bridgehead atoms. The van der Waals surface area contributed by atoms with E-state index in [1.807, 2.05) is 13.8 Å². The molecule has 0 N–H and O–H groups in total. The molecule has 1 aromatic heterocycles. The summed E-state index contributed by atoms with van der Waals surface area (Å²) in [6.07, 6.45) is -2.61. The molecule has 0 saturated heterocycles. The fourth-order valence-corrected chi connectivity index (χ4v) is 1.50. The second kappa shape index (κ2) is 4.39. The number of rotatable bonds is 2. The Morgan fingerprint density at radius 3 is 2.53 bits per heavy atom. The monoisotopic (exact) mass is 237 g/mol. The van der Waals surface area contributed by atoms with Crippen molar-refractivity contribution in [1.82, 2.24) is 4.98 Å². The molecular formula is C10H11ClF3N. The van der Waals surface area contributed by atoms with Gasteiger partial charge in [0.25, 0.3) is 0 Å². The van der Waals surface area contributed by atoms with E-state index in [1.165, 1.54) is 0 Å². The minimum Gasteiger partial charge on any atom is -0.250 e. The van der Waals surface area contributed by atoms with Crippen molar-refractivity contribution in [2.24, 2.45) is 0 Å². The molecule has 1 nitrogen and oxygen atoms in total. The minimum absolute atomic E-state index is 0.00148. The third-order valence-corrected chi connectivity index (χ3v) is 2.63. The second-order valence-electron chi connectivity index (χ2n) is 3.40. The van der Waals surface area contributed by atoms with Gasteiger partial charge in [-0.2, -0.15) is 13.2 Å². The molecule has 1 heterocycles. The Balaban J connectivity index is 3.17. The number of hydrogen-bond acceptors (Lipinski definition) is 1. The van der Waals surface area contributed by atoms with Crippen molar-refractivity contribution in [1.29, 1.82) is 0 Å². The fraction of sp³-hybridized carbons (Fsp3) is 0.500. The molecule has 0 radical (unpaired) electrons. The quantitative estimate of drug-likeness (QED) is 0.749. The lowest BCUT2D eigenvalue weighted by Crippen LogP contribution is -2.09. The highest BCUT2D eigenvalue weighted by atomic mass is 35.5. The smallest absolute Gasteiger partial charge is 0.250 e. The van der Waals surface area contributed by atoms with Crippen LogP contribution in [0.3, 0.4) is 0 Å². The Hall–Kier alpha value is -0.770. The van der Waals surface area contributed by atoms with Gasteiger partial charge < -0.3 is 0 Å². The molecule has 1 aromatic rings. The highest BCUT2D eigenvalue weighted by Gasteiger charge is 2.33. The van der Waals surface area contributed by atoms with Crippen LogP contribution < -0.4 is 0 Å². The van der Waals surface area contributed by atoms with Gasteiger partial charge in [0.15, 0.2) is 0 Å². The van der Waals surface area contributed by atoms with E-state index in [0.29, 0.717) is 5.56 Å². The molecule has 0 aliphatic rings. The Bertz CT molecular complexity index is 349. The SMILES string of the molecule is CCC(C)c1cc(C(F)(F)F)ncc1Cl. The molecule has 84 valence electrons. The van der Waals surface area contributed by atoms with Gasteiger partial charge in [-0.15, -0.1) is 0 Å². The zero-order chi connectivity index (χ0) is 11.6. The minimum atomic E-state index is -4.41. The normalized spacial score (nSPS) is 14.0. The van der Waals surface area contributed by atoms with Gasteiger partial charge in [-0.3, -0.25) is 4.98 Å². The van der Waals surface area contributed by atoms with Crippen molar-refractivity contribution in [3.05, 3.63) is 28.5 Å². The van der Waals surface area contributed by atoms with E-state index < -0.39 is 11.9 Å². The summed E-state index contributed by atoms with van der Waals surface area (Å²) >= 11 is 5.79. The standard InChI is InChI=1S/C10H11ClF3N/c1-3-6(2)7-4-9(10(12,13)14)15-5-8(7)11/h4-6H,3H2,1-2H3. The van der Waals surface area contributed by atoms with Crippen molar-refractivity contribution in [3.8, 4) is 0 Å². The molecule has 1 atom stereocenters. The van der Waals surface area contributed by atoms with Crippen LogP contribution in [-0.4, -0.2) is 4.98 Å². The average molecular weight is 238 g/mol. The summed E-state index contributed by atoms with van der Waals surface area (Å²) in [5.74, 6) is 0.00148. The van der Waals surface area contributed by atoms with Gasteiger partial charge in [0.1, 0.15) is 5.69 Å². The fourth-order valence-electron chi connectivity index (χ4n) is 1.21. The molecule has 0 aromatic carbocycles. The number of aromatic nitrogens is 1. The number of nitrogens with zero attached hydrogens (tertiary/aromatic N) is 1. The molecule has 1 rings (SSSR count). The van der Waals surface area contributed by atoms with Crippen molar-refractivity contribution < 1.29 is 13.2 Å². The Morgan fingerprint density at radius 2 is 2.07 bits per heavy atom. The molecule has 0 saturated carbocycles. The third-order valence-electron chi connectivity index (χ3n) is 2.32. The highest BCUT2D eigenvalue weighted by molar-refractivity contribution is 6.31. The van der Waals surface area contributed by atoms with Crippen molar-refractivity contribution >= 4 is 11.6 Å². The third kappa shape index (κ3) is 2.84. The maximum atomic E-state index is 12.4. The first-order valence-corrected chi connectivity index (χ1v) is 4.96. The van der Waals surface area contributed by atoms with Gasteiger partial charge in [-0.1, -0.05) is 25.4 Å². The van der Waals surface area contributed by atoms with Crippen LogP contribution in [-0.2, 0) is 6.18 Å². The van der Waals surface area contributed by atoms with Crippen LogP contribution in [0, 0.1) is 0 Å². The van der Waals surface area contributed by atoms with E-state index in [-0.39, 0.29) is 10.9 Å². The molecule has 1 unspecified atom stereocenters. The van der Waals surface area contributed by atoms with Crippen LogP contribution in [0.25, 0.3) is 0 Å². The summed E-state index contributed by atoms with van der Waals surface area (Å²) in [6, 6.07) is 1.02. The van der Waals surface area contributed by atoms with Crippen LogP contribution in [0.1, 0.15) is 37.4 Å². The predicted octanol–water partition coefficient (Wildman–Crippen LogP) is 4.27. The summed E-state index contributed by atoms with van der Waals surface area (Å²) < 4.78 is 37.1. The zero-order valence-corrected chi connectivity index (χ0v) is 9.15. The van der Waals surface area contributed by atoms with E-state index in [0.717, 1.165) is 18.7 Å². The van der Waals surface area contributed by atoms with Crippen molar-refractivity contribution in [2.45, 2.75) is 32.4 Å². The molecule has 5 heteroatoms. The van der Waals surface area contributed by atoms with Crippen LogP contribution in [0.15, 0.2) is 12.3 Å². The Kier molecular flexibility index (Phi) is 3.60. The summed E-state index contributed by atoms with van der Waals surface area (Å²) in [5.41, 5.74) is -0.385. The van der Waals surface area contributed by atoms with Gasteiger partial charge in [-0.05, 0) is 24.0 Å². The first-order chi connectivity index (χ1) is 6.86. The van der Waals surface area contributed by atoms with Gasteiger partial charge in [0.05, 0.1) is 5.02 Å². The lowest BCUT2D eigenvalue weighted by Gasteiger charge is -2.13.